The van der Waals surface area contributed by atoms with E-state index < -0.39 is 21.6 Å². The molecular formula is C14H11F3O3S. The van der Waals surface area contributed by atoms with Gasteiger partial charge in [-0.05, 0) is 48.5 Å². The van der Waals surface area contributed by atoms with E-state index in [4.69, 9.17) is 4.74 Å². The van der Waals surface area contributed by atoms with Crippen LogP contribution in [0.3, 0.4) is 0 Å². The van der Waals surface area contributed by atoms with Gasteiger partial charge < -0.3 is 4.74 Å². The normalized spacial score (nSPS) is 12.2. The fourth-order valence-corrected chi connectivity index (χ4v) is 2.23. The van der Waals surface area contributed by atoms with Crippen LogP contribution in [0.25, 0.3) is 0 Å². The average Bonchev–Trinajstić information content (AvgIpc) is 2.38. The summed E-state index contributed by atoms with van der Waals surface area (Å²) >= 11 is 0. The molecule has 0 atom stereocenters. The summed E-state index contributed by atoms with van der Waals surface area (Å²) in [7, 11) is -3.29. The van der Waals surface area contributed by atoms with Crippen LogP contribution in [0.5, 0.6) is 11.5 Å². The predicted molar refractivity (Wildman–Crippen MR) is 71.1 cm³/mol. The SMILES string of the molecule is CS(=O)(=O)c1ccc(Oc2ccc(C(F)(F)F)cc2)cc1. The van der Waals surface area contributed by atoms with Crippen molar-refractivity contribution in [1.82, 2.24) is 0 Å². The van der Waals surface area contributed by atoms with Crippen molar-refractivity contribution in [3.63, 3.8) is 0 Å². The molecule has 2 aromatic rings. The fourth-order valence-electron chi connectivity index (χ4n) is 1.60. The molecule has 0 N–H and O–H groups in total. The summed E-state index contributed by atoms with van der Waals surface area (Å²) in [5, 5.41) is 0. The summed E-state index contributed by atoms with van der Waals surface area (Å²) in [6.45, 7) is 0. The Labute approximate surface area is 119 Å². The van der Waals surface area contributed by atoms with Crippen LogP contribution in [-0.2, 0) is 16.0 Å². The monoisotopic (exact) mass is 316 g/mol. The van der Waals surface area contributed by atoms with E-state index >= 15 is 0 Å². The van der Waals surface area contributed by atoms with Crippen molar-refractivity contribution in [2.45, 2.75) is 11.1 Å². The molecule has 3 nitrogen and oxygen atoms in total. The summed E-state index contributed by atoms with van der Waals surface area (Å²) in [4.78, 5) is 0.141. The van der Waals surface area contributed by atoms with Gasteiger partial charge in [-0.3, -0.25) is 0 Å². The van der Waals surface area contributed by atoms with Crippen LogP contribution in [0.2, 0.25) is 0 Å². The molecule has 0 radical (unpaired) electrons. The zero-order valence-corrected chi connectivity index (χ0v) is 11.7. The van der Waals surface area contributed by atoms with E-state index in [1.165, 1.54) is 36.4 Å². The molecule has 0 spiro atoms. The van der Waals surface area contributed by atoms with Crippen molar-refractivity contribution in [3.05, 3.63) is 54.1 Å². The predicted octanol–water partition coefficient (Wildman–Crippen LogP) is 3.90. The standard InChI is InChI=1S/C14H11F3O3S/c1-21(18,19)13-8-6-12(7-9-13)20-11-4-2-10(3-5-11)14(15,16)17/h2-9H,1H3. The highest BCUT2D eigenvalue weighted by molar-refractivity contribution is 7.90. The molecule has 0 amide bonds. The quantitative estimate of drug-likeness (QED) is 0.862. The lowest BCUT2D eigenvalue weighted by molar-refractivity contribution is -0.137. The second-order valence-electron chi connectivity index (χ2n) is 4.37. The lowest BCUT2D eigenvalue weighted by Gasteiger charge is -2.09. The second kappa shape index (κ2) is 5.40. The summed E-state index contributed by atoms with van der Waals surface area (Å²) in [5.74, 6) is 0.567. The van der Waals surface area contributed by atoms with Crippen molar-refractivity contribution in [3.8, 4) is 11.5 Å². The van der Waals surface area contributed by atoms with Gasteiger partial charge in [0.25, 0.3) is 0 Å². The molecule has 2 rings (SSSR count). The van der Waals surface area contributed by atoms with Gasteiger partial charge in [0.05, 0.1) is 10.5 Å². The van der Waals surface area contributed by atoms with Crippen LogP contribution in [0.1, 0.15) is 5.56 Å². The largest absolute Gasteiger partial charge is 0.457 e. The molecule has 112 valence electrons. The first-order valence-electron chi connectivity index (χ1n) is 5.81. The van der Waals surface area contributed by atoms with Gasteiger partial charge in [0.2, 0.25) is 0 Å². The van der Waals surface area contributed by atoms with E-state index in [9.17, 15) is 21.6 Å². The van der Waals surface area contributed by atoms with Crippen molar-refractivity contribution in [1.29, 1.82) is 0 Å². The van der Waals surface area contributed by atoms with Crippen molar-refractivity contribution in [2.24, 2.45) is 0 Å². The maximum atomic E-state index is 12.4. The Morgan fingerprint density at radius 1 is 0.857 bits per heavy atom. The number of hydrogen-bond donors (Lipinski definition) is 0. The smallest absolute Gasteiger partial charge is 0.416 e. The van der Waals surface area contributed by atoms with Crippen molar-refractivity contribution >= 4 is 9.84 Å². The minimum atomic E-state index is -4.39. The van der Waals surface area contributed by atoms with Gasteiger partial charge in [-0.2, -0.15) is 13.2 Å². The third kappa shape index (κ3) is 3.98. The van der Waals surface area contributed by atoms with E-state index in [1.807, 2.05) is 0 Å². The van der Waals surface area contributed by atoms with Crippen molar-refractivity contribution < 1.29 is 26.3 Å². The van der Waals surface area contributed by atoms with E-state index in [-0.39, 0.29) is 10.6 Å². The van der Waals surface area contributed by atoms with Crippen LogP contribution in [-0.4, -0.2) is 14.7 Å². The lowest BCUT2D eigenvalue weighted by Crippen LogP contribution is -2.04. The Morgan fingerprint density at radius 2 is 1.29 bits per heavy atom. The number of rotatable bonds is 3. The van der Waals surface area contributed by atoms with Gasteiger partial charge in [0.15, 0.2) is 9.84 Å². The topological polar surface area (TPSA) is 43.4 Å². The number of sulfone groups is 1. The van der Waals surface area contributed by atoms with E-state index in [0.717, 1.165) is 18.4 Å². The maximum Gasteiger partial charge on any atom is 0.416 e. The van der Waals surface area contributed by atoms with E-state index in [2.05, 4.69) is 0 Å². The molecule has 0 aliphatic rings. The Kier molecular flexibility index (Phi) is 3.95. The molecule has 0 unspecified atom stereocenters. The molecule has 0 saturated carbocycles. The minimum absolute atomic E-state index is 0.141. The number of halogens is 3. The molecule has 21 heavy (non-hydrogen) atoms. The van der Waals surface area contributed by atoms with Gasteiger partial charge in [0, 0.05) is 6.26 Å². The Hall–Kier alpha value is -2.02. The zero-order chi connectivity index (χ0) is 15.7. The first-order chi connectivity index (χ1) is 9.66. The minimum Gasteiger partial charge on any atom is -0.457 e. The Balaban J connectivity index is 2.15. The summed E-state index contributed by atoms with van der Waals surface area (Å²) in [5.41, 5.74) is -0.762. The van der Waals surface area contributed by atoms with Gasteiger partial charge in [0.1, 0.15) is 11.5 Å². The summed E-state index contributed by atoms with van der Waals surface area (Å²) in [6, 6.07) is 9.85. The fraction of sp³-hybridized carbons (Fsp3) is 0.143. The van der Waals surface area contributed by atoms with Crippen LogP contribution < -0.4 is 4.74 Å². The van der Waals surface area contributed by atoms with Crippen LogP contribution in [0, 0.1) is 0 Å². The molecule has 0 saturated heterocycles. The third-order valence-electron chi connectivity index (χ3n) is 2.67. The number of alkyl halides is 3. The highest BCUT2D eigenvalue weighted by atomic mass is 32.2. The van der Waals surface area contributed by atoms with Crippen LogP contribution >= 0.6 is 0 Å². The summed E-state index contributed by atoms with van der Waals surface area (Å²) < 4.78 is 65.1. The van der Waals surface area contributed by atoms with Crippen LogP contribution in [0.15, 0.2) is 53.4 Å². The molecule has 2 aromatic carbocycles. The number of benzene rings is 2. The molecular weight excluding hydrogens is 305 g/mol. The first kappa shape index (κ1) is 15.4. The molecule has 0 bridgehead atoms. The van der Waals surface area contributed by atoms with Crippen LogP contribution in [0.4, 0.5) is 13.2 Å². The average molecular weight is 316 g/mol. The van der Waals surface area contributed by atoms with Gasteiger partial charge in [-0.15, -0.1) is 0 Å². The second-order valence-corrected chi connectivity index (χ2v) is 6.38. The first-order valence-corrected chi connectivity index (χ1v) is 7.71. The molecule has 7 heteroatoms. The van der Waals surface area contributed by atoms with Gasteiger partial charge in [-0.1, -0.05) is 0 Å². The maximum absolute atomic E-state index is 12.4. The zero-order valence-electron chi connectivity index (χ0n) is 10.9. The van der Waals surface area contributed by atoms with E-state index in [1.54, 1.807) is 0 Å². The third-order valence-corrected chi connectivity index (χ3v) is 3.80. The lowest BCUT2D eigenvalue weighted by atomic mass is 10.2. The molecule has 0 heterocycles. The van der Waals surface area contributed by atoms with E-state index in [0.29, 0.717) is 5.75 Å². The molecule has 0 fully saturated rings. The summed E-state index contributed by atoms with van der Waals surface area (Å²) in [6.07, 6.45) is -3.31. The number of ether oxygens (including phenoxy) is 1. The molecule has 0 aliphatic heterocycles. The highest BCUT2D eigenvalue weighted by Gasteiger charge is 2.30. The Bertz CT molecular complexity index is 718. The molecule has 0 aromatic heterocycles. The van der Waals surface area contributed by atoms with Gasteiger partial charge in [-0.25, -0.2) is 8.42 Å². The molecule has 0 aliphatic carbocycles. The highest BCUT2D eigenvalue weighted by Crippen LogP contribution is 2.31. The van der Waals surface area contributed by atoms with Gasteiger partial charge >= 0.3 is 6.18 Å². The number of hydrogen-bond acceptors (Lipinski definition) is 3. The van der Waals surface area contributed by atoms with Crippen molar-refractivity contribution in [2.75, 3.05) is 6.26 Å². The Morgan fingerprint density at radius 3 is 1.67 bits per heavy atom.